The minimum atomic E-state index is -1.05. The van der Waals surface area contributed by atoms with Crippen LogP contribution in [0.2, 0.25) is 0 Å². The lowest BCUT2D eigenvalue weighted by Crippen LogP contribution is -2.56. The molecule has 33 heavy (non-hydrogen) atoms. The largest absolute Gasteiger partial charge is 0.485 e. The molecule has 1 saturated heterocycles. The molecule has 0 saturated carbocycles. The van der Waals surface area contributed by atoms with E-state index in [4.69, 9.17) is 9.47 Å². The van der Waals surface area contributed by atoms with Crippen LogP contribution in [0.25, 0.3) is 0 Å². The van der Waals surface area contributed by atoms with Gasteiger partial charge in [-0.05, 0) is 50.5 Å². The first-order valence-corrected chi connectivity index (χ1v) is 11.0. The van der Waals surface area contributed by atoms with Crippen LogP contribution in [0.5, 0.6) is 5.75 Å². The van der Waals surface area contributed by atoms with Crippen molar-refractivity contribution in [3.05, 3.63) is 65.2 Å². The number of benzene rings is 2. The Balaban J connectivity index is 1.49. The number of aliphatic hydroxyl groups excluding tert-OH is 1. The first-order valence-electron chi connectivity index (χ1n) is 11.0. The van der Waals surface area contributed by atoms with Gasteiger partial charge in [-0.1, -0.05) is 30.3 Å². The molecule has 0 radical (unpaired) electrons. The van der Waals surface area contributed by atoms with E-state index in [0.29, 0.717) is 36.3 Å². The molecule has 172 valence electrons. The number of nitrogens with zero attached hydrogens (tertiary/aromatic N) is 2. The van der Waals surface area contributed by atoms with Crippen molar-refractivity contribution in [1.29, 1.82) is 5.26 Å². The maximum Gasteiger partial charge on any atom is 0.410 e. The van der Waals surface area contributed by atoms with Gasteiger partial charge in [-0.15, -0.1) is 0 Å². The van der Waals surface area contributed by atoms with Gasteiger partial charge < -0.3 is 19.9 Å². The maximum atomic E-state index is 13.2. The minimum Gasteiger partial charge on any atom is -0.485 e. The van der Waals surface area contributed by atoms with Crippen molar-refractivity contribution in [2.75, 3.05) is 6.54 Å². The third-order valence-corrected chi connectivity index (χ3v) is 6.17. The summed E-state index contributed by atoms with van der Waals surface area (Å²) < 4.78 is 11.3. The zero-order chi connectivity index (χ0) is 23.6. The number of hydrogen-bond acceptors (Lipinski definition) is 6. The van der Waals surface area contributed by atoms with Gasteiger partial charge in [-0.3, -0.25) is 9.69 Å². The van der Waals surface area contributed by atoms with Gasteiger partial charge in [0.2, 0.25) is 5.91 Å². The van der Waals surface area contributed by atoms with E-state index in [-0.39, 0.29) is 12.5 Å². The van der Waals surface area contributed by atoms with Crippen LogP contribution >= 0.6 is 0 Å². The van der Waals surface area contributed by atoms with E-state index in [9.17, 15) is 20.0 Å². The number of fused-ring (bicyclic) bond motifs is 1. The average molecular weight is 450 g/mol. The van der Waals surface area contributed by atoms with Gasteiger partial charge in [0.05, 0.1) is 17.7 Å². The fourth-order valence-electron chi connectivity index (χ4n) is 4.34. The van der Waals surface area contributed by atoms with Gasteiger partial charge in [0.1, 0.15) is 30.1 Å². The number of nitrogens with one attached hydrogen (secondary N) is 1. The summed E-state index contributed by atoms with van der Waals surface area (Å²) in [7, 11) is 0. The van der Waals surface area contributed by atoms with E-state index in [1.54, 1.807) is 32.0 Å². The van der Waals surface area contributed by atoms with Crippen LogP contribution in [0.3, 0.4) is 0 Å². The molecular weight excluding hydrogens is 422 g/mol. The molecule has 8 heteroatoms. The molecule has 2 unspecified atom stereocenters. The van der Waals surface area contributed by atoms with Crippen LogP contribution in [0.15, 0.2) is 48.5 Å². The summed E-state index contributed by atoms with van der Waals surface area (Å²) >= 11 is 0. The van der Waals surface area contributed by atoms with Crippen LogP contribution in [0.1, 0.15) is 49.4 Å². The minimum absolute atomic E-state index is 0.127. The number of ether oxygens (including phenoxy) is 2. The van der Waals surface area contributed by atoms with Crippen molar-refractivity contribution in [3.63, 3.8) is 0 Å². The second kappa shape index (κ2) is 9.12. The van der Waals surface area contributed by atoms with Crippen molar-refractivity contribution < 1.29 is 24.2 Å². The number of rotatable bonds is 4. The molecule has 0 bridgehead atoms. The van der Waals surface area contributed by atoms with Crippen molar-refractivity contribution in [2.45, 2.75) is 57.1 Å². The number of aliphatic hydroxyl groups is 1. The number of carbonyl (C=O) groups is 2. The molecule has 2 N–H and O–H groups in total. The van der Waals surface area contributed by atoms with Gasteiger partial charge in [0.25, 0.3) is 0 Å². The fourth-order valence-corrected chi connectivity index (χ4v) is 4.34. The Morgan fingerprint density at radius 1 is 1.27 bits per heavy atom. The summed E-state index contributed by atoms with van der Waals surface area (Å²) in [5.74, 6) is 0.124. The summed E-state index contributed by atoms with van der Waals surface area (Å²) in [4.78, 5) is 27.4. The molecule has 8 nitrogen and oxygen atoms in total. The first-order chi connectivity index (χ1) is 15.8. The van der Waals surface area contributed by atoms with Crippen molar-refractivity contribution in [2.24, 2.45) is 0 Å². The summed E-state index contributed by atoms with van der Waals surface area (Å²) in [6, 6.07) is 14.8. The predicted molar refractivity (Wildman–Crippen MR) is 119 cm³/mol. The van der Waals surface area contributed by atoms with Crippen LogP contribution in [-0.2, 0) is 16.1 Å². The highest BCUT2D eigenvalue weighted by atomic mass is 16.6. The molecule has 0 spiro atoms. The number of hydrogen-bond donors (Lipinski definition) is 2. The summed E-state index contributed by atoms with van der Waals surface area (Å²) in [5.41, 5.74) is 0.840. The zero-order valence-corrected chi connectivity index (χ0v) is 18.7. The Hall–Kier alpha value is -3.57. The predicted octanol–water partition coefficient (Wildman–Crippen LogP) is 3.05. The van der Waals surface area contributed by atoms with Gasteiger partial charge >= 0.3 is 6.09 Å². The molecule has 2 amide bonds. The van der Waals surface area contributed by atoms with E-state index in [1.807, 2.05) is 30.3 Å². The van der Waals surface area contributed by atoms with E-state index in [0.717, 1.165) is 5.56 Å². The molecule has 2 aliphatic rings. The second-order valence-electron chi connectivity index (χ2n) is 8.89. The molecule has 2 aliphatic heterocycles. The van der Waals surface area contributed by atoms with Gasteiger partial charge in [0, 0.05) is 12.1 Å². The summed E-state index contributed by atoms with van der Waals surface area (Å²) in [6.07, 6.45) is -0.422. The monoisotopic (exact) mass is 449 g/mol. The summed E-state index contributed by atoms with van der Waals surface area (Å²) in [6.45, 7) is 4.02. The van der Waals surface area contributed by atoms with Crippen LogP contribution in [-0.4, -0.2) is 46.3 Å². The Morgan fingerprint density at radius 2 is 2.03 bits per heavy atom. The third kappa shape index (κ3) is 4.64. The quantitative estimate of drug-likeness (QED) is 0.742. The molecule has 2 aromatic rings. The highest BCUT2D eigenvalue weighted by Gasteiger charge is 2.45. The second-order valence-corrected chi connectivity index (χ2v) is 8.89. The maximum absolute atomic E-state index is 13.2. The lowest BCUT2D eigenvalue weighted by molar-refractivity contribution is -0.129. The van der Waals surface area contributed by atoms with Crippen LogP contribution < -0.4 is 10.1 Å². The highest BCUT2D eigenvalue weighted by Crippen LogP contribution is 2.40. The van der Waals surface area contributed by atoms with E-state index in [1.165, 1.54) is 4.90 Å². The van der Waals surface area contributed by atoms with Crippen molar-refractivity contribution >= 4 is 12.0 Å². The fraction of sp³-hybridized carbons (Fsp3) is 0.400. The third-order valence-electron chi connectivity index (χ3n) is 6.17. The number of nitriles is 1. The molecule has 3 atom stereocenters. The van der Waals surface area contributed by atoms with Crippen molar-refractivity contribution in [1.82, 2.24) is 10.2 Å². The Morgan fingerprint density at radius 3 is 2.76 bits per heavy atom. The molecule has 2 heterocycles. The normalized spacial score (nSPS) is 23.1. The average Bonchev–Trinajstić information content (AvgIpc) is 3.31. The molecule has 4 rings (SSSR count). The zero-order valence-electron chi connectivity index (χ0n) is 18.7. The molecular formula is C25H27N3O5. The van der Waals surface area contributed by atoms with Gasteiger partial charge in [0.15, 0.2) is 0 Å². The lowest BCUT2D eigenvalue weighted by Gasteiger charge is -2.42. The van der Waals surface area contributed by atoms with E-state index < -0.39 is 29.9 Å². The van der Waals surface area contributed by atoms with Crippen LogP contribution in [0, 0.1) is 11.3 Å². The molecule has 0 aromatic heterocycles. The Labute approximate surface area is 192 Å². The smallest absolute Gasteiger partial charge is 0.410 e. The Kier molecular flexibility index (Phi) is 6.25. The Bertz CT molecular complexity index is 1080. The number of carbonyl (C=O) groups excluding carboxylic acids is 2. The molecule has 1 fully saturated rings. The van der Waals surface area contributed by atoms with E-state index >= 15 is 0 Å². The SMILES string of the molecule is CC1(C)Oc2ccc(C#N)cc2C(NC(=O)[C@@H]2CCCN2C(=O)OCc2ccccc2)C1O. The number of amides is 2. The van der Waals surface area contributed by atoms with Crippen molar-refractivity contribution in [3.8, 4) is 11.8 Å². The van der Waals surface area contributed by atoms with E-state index in [2.05, 4.69) is 11.4 Å². The molecule has 0 aliphatic carbocycles. The first kappa shape index (κ1) is 22.6. The number of likely N-dealkylation sites (tertiary alicyclic amines) is 1. The lowest BCUT2D eigenvalue weighted by atomic mass is 9.85. The molecule has 2 aromatic carbocycles. The standard InChI is InChI=1S/C25H27N3O5/c1-25(2)22(29)21(18-13-17(14-26)10-11-20(18)33-25)27-23(30)19-9-6-12-28(19)24(31)32-15-16-7-4-3-5-8-16/h3-5,7-8,10-11,13,19,21-22,29H,6,9,12,15H2,1-2H3,(H,27,30)/t19-,21?,22?/m0/s1. The van der Waals surface area contributed by atoms with Gasteiger partial charge in [-0.25, -0.2) is 4.79 Å². The van der Waals surface area contributed by atoms with Crippen LogP contribution in [0.4, 0.5) is 4.79 Å². The van der Waals surface area contributed by atoms with Gasteiger partial charge in [-0.2, -0.15) is 5.26 Å². The summed E-state index contributed by atoms with van der Waals surface area (Å²) in [5, 5.41) is 23.1. The highest BCUT2D eigenvalue weighted by molar-refractivity contribution is 5.86. The topological polar surface area (TPSA) is 112 Å².